The molecule has 0 spiro atoms. The highest BCUT2D eigenvalue weighted by molar-refractivity contribution is 5.87. The predicted octanol–water partition coefficient (Wildman–Crippen LogP) is 1.05. The van der Waals surface area contributed by atoms with Crippen LogP contribution in [0.15, 0.2) is 18.2 Å². The van der Waals surface area contributed by atoms with Gasteiger partial charge in [-0.05, 0) is 36.6 Å². The minimum absolute atomic E-state index is 0.130. The van der Waals surface area contributed by atoms with Gasteiger partial charge in [-0.15, -0.1) is 0 Å². The molecule has 2 N–H and O–H groups in total. The number of rotatable bonds is 4. The predicted molar refractivity (Wildman–Crippen MR) is 93.5 cm³/mol. The van der Waals surface area contributed by atoms with Crippen LogP contribution in [0.1, 0.15) is 24.5 Å². The van der Waals surface area contributed by atoms with Gasteiger partial charge in [0.15, 0.2) is 0 Å². The highest BCUT2D eigenvalue weighted by Gasteiger charge is 2.34. The molecule has 3 rings (SSSR count). The fourth-order valence-corrected chi connectivity index (χ4v) is 3.69. The first-order valence-corrected chi connectivity index (χ1v) is 8.99. The smallest absolute Gasteiger partial charge is 0.239 e. The standard InChI is InChI=1S/C19H22F2N4O2/c1-11(19-16(21)4-12(7-22)8-23-19)24-17(26)10-25-9-14-5-15(20)3-2-13(14)6-18(25)27/h2-3,5,11-12,16,19,23H,4,6,8-10H2,1H3,(H,24,26)/t11-,12?,16?,19?/m0/s1. The summed E-state index contributed by atoms with van der Waals surface area (Å²) < 4.78 is 27.6. The summed E-state index contributed by atoms with van der Waals surface area (Å²) in [6.07, 6.45) is -0.961. The van der Waals surface area contributed by atoms with Crippen LogP contribution in [0.4, 0.5) is 8.78 Å². The molecule has 27 heavy (non-hydrogen) atoms. The summed E-state index contributed by atoms with van der Waals surface area (Å²) in [4.78, 5) is 25.9. The van der Waals surface area contributed by atoms with Crippen molar-refractivity contribution < 1.29 is 18.4 Å². The molecule has 2 amide bonds. The van der Waals surface area contributed by atoms with Gasteiger partial charge in [0, 0.05) is 19.1 Å². The minimum Gasteiger partial charge on any atom is -0.350 e. The second-order valence-corrected chi connectivity index (χ2v) is 7.21. The fourth-order valence-electron chi connectivity index (χ4n) is 3.69. The van der Waals surface area contributed by atoms with Crippen molar-refractivity contribution >= 4 is 11.8 Å². The van der Waals surface area contributed by atoms with Gasteiger partial charge in [-0.1, -0.05) is 6.07 Å². The van der Waals surface area contributed by atoms with Gasteiger partial charge in [0.1, 0.15) is 12.0 Å². The number of alkyl halides is 1. The fraction of sp³-hybridized carbons (Fsp3) is 0.526. The molecule has 0 aromatic heterocycles. The van der Waals surface area contributed by atoms with E-state index in [2.05, 4.69) is 10.6 Å². The first-order valence-electron chi connectivity index (χ1n) is 8.99. The van der Waals surface area contributed by atoms with Crippen molar-refractivity contribution in [3.05, 3.63) is 35.1 Å². The molecular weight excluding hydrogens is 354 g/mol. The molecule has 6 nitrogen and oxygen atoms in total. The highest BCUT2D eigenvalue weighted by atomic mass is 19.1. The number of hydrogen-bond donors (Lipinski definition) is 2. The maximum absolute atomic E-state index is 14.2. The zero-order valence-corrected chi connectivity index (χ0v) is 15.0. The number of nitrogens with one attached hydrogen (secondary N) is 2. The number of carbonyl (C=O) groups excluding carboxylic acids is 2. The number of piperidine rings is 1. The van der Waals surface area contributed by atoms with E-state index in [0.29, 0.717) is 12.1 Å². The Bertz CT molecular complexity index is 779. The molecule has 4 atom stereocenters. The molecule has 0 saturated carbocycles. The first kappa shape index (κ1) is 19.2. The van der Waals surface area contributed by atoms with Crippen molar-refractivity contribution in [1.29, 1.82) is 5.26 Å². The van der Waals surface area contributed by atoms with E-state index in [0.717, 1.165) is 5.56 Å². The van der Waals surface area contributed by atoms with Gasteiger partial charge in [-0.2, -0.15) is 5.26 Å². The van der Waals surface area contributed by atoms with E-state index in [4.69, 9.17) is 5.26 Å². The third-order valence-corrected chi connectivity index (χ3v) is 5.17. The molecular formula is C19H22F2N4O2. The molecule has 144 valence electrons. The number of halogens is 2. The van der Waals surface area contributed by atoms with Crippen LogP contribution in [0, 0.1) is 23.1 Å². The van der Waals surface area contributed by atoms with Crippen LogP contribution in [0.5, 0.6) is 0 Å². The van der Waals surface area contributed by atoms with Crippen molar-refractivity contribution in [3.63, 3.8) is 0 Å². The molecule has 2 heterocycles. The molecule has 8 heteroatoms. The van der Waals surface area contributed by atoms with Crippen LogP contribution >= 0.6 is 0 Å². The van der Waals surface area contributed by atoms with Crippen LogP contribution in [0.2, 0.25) is 0 Å². The number of fused-ring (bicyclic) bond motifs is 1. The lowest BCUT2D eigenvalue weighted by molar-refractivity contribution is -0.137. The average molecular weight is 376 g/mol. The Labute approximate surface area is 156 Å². The Balaban J connectivity index is 1.56. The monoisotopic (exact) mass is 376 g/mol. The number of nitriles is 1. The van der Waals surface area contributed by atoms with E-state index >= 15 is 0 Å². The lowest BCUT2D eigenvalue weighted by atomic mass is 9.90. The first-order chi connectivity index (χ1) is 12.9. The van der Waals surface area contributed by atoms with Gasteiger partial charge in [0.25, 0.3) is 0 Å². The van der Waals surface area contributed by atoms with Gasteiger partial charge in [0.05, 0.1) is 31.0 Å². The average Bonchev–Trinajstić information content (AvgIpc) is 2.62. The summed E-state index contributed by atoms with van der Waals surface area (Å²) in [5, 5.41) is 14.6. The zero-order valence-electron chi connectivity index (χ0n) is 15.0. The number of amides is 2. The summed E-state index contributed by atoms with van der Waals surface area (Å²) in [6, 6.07) is 5.26. The summed E-state index contributed by atoms with van der Waals surface area (Å²) in [6.45, 7) is 2.08. The largest absolute Gasteiger partial charge is 0.350 e. The van der Waals surface area contributed by atoms with E-state index in [1.807, 2.05) is 6.07 Å². The molecule has 2 aliphatic heterocycles. The summed E-state index contributed by atoms with van der Waals surface area (Å²) >= 11 is 0. The lowest BCUT2D eigenvalue weighted by Crippen LogP contribution is -2.58. The molecule has 1 saturated heterocycles. The highest BCUT2D eigenvalue weighted by Crippen LogP contribution is 2.21. The second-order valence-electron chi connectivity index (χ2n) is 7.21. The van der Waals surface area contributed by atoms with Crippen LogP contribution < -0.4 is 10.6 Å². The van der Waals surface area contributed by atoms with Crippen LogP contribution in [-0.2, 0) is 22.6 Å². The Morgan fingerprint density at radius 1 is 1.48 bits per heavy atom. The second kappa shape index (κ2) is 8.01. The number of benzene rings is 1. The molecule has 1 fully saturated rings. The van der Waals surface area contributed by atoms with E-state index in [1.165, 1.54) is 17.0 Å². The quantitative estimate of drug-likeness (QED) is 0.823. The maximum atomic E-state index is 14.2. The van der Waals surface area contributed by atoms with Crippen molar-refractivity contribution in [3.8, 4) is 6.07 Å². The molecule has 1 aromatic rings. The van der Waals surface area contributed by atoms with Gasteiger partial charge < -0.3 is 15.5 Å². The third-order valence-electron chi connectivity index (χ3n) is 5.17. The summed E-state index contributed by atoms with van der Waals surface area (Å²) in [5.41, 5.74) is 1.46. The number of nitrogens with zero attached hydrogens (tertiary/aromatic N) is 2. The molecule has 0 bridgehead atoms. The van der Waals surface area contributed by atoms with E-state index in [-0.39, 0.29) is 43.6 Å². The van der Waals surface area contributed by atoms with Gasteiger partial charge in [0.2, 0.25) is 11.8 Å². The van der Waals surface area contributed by atoms with Gasteiger partial charge in [-0.3, -0.25) is 9.59 Å². The topological polar surface area (TPSA) is 85.2 Å². The van der Waals surface area contributed by atoms with Crippen LogP contribution in [0.3, 0.4) is 0 Å². The Morgan fingerprint density at radius 3 is 2.96 bits per heavy atom. The number of carbonyl (C=O) groups is 2. The molecule has 0 aliphatic carbocycles. The Morgan fingerprint density at radius 2 is 2.26 bits per heavy atom. The molecule has 0 radical (unpaired) electrons. The Kier molecular flexibility index (Phi) is 5.71. The normalized spacial score (nSPS) is 26.1. The summed E-state index contributed by atoms with van der Waals surface area (Å²) in [5.74, 6) is -1.35. The number of hydrogen-bond acceptors (Lipinski definition) is 4. The van der Waals surface area contributed by atoms with E-state index in [9.17, 15) is 18.4 Å². The molecule has 2 aliphatic rings. The van der Waals surface area contributed by atoms with E-state index in [1.54, 1.807) is 13.0 Å². The molecule has 3 unspecified atom stereocenters. The van der Waals surface area contributed by atoms with Gasteiger partial charge in [-0.25, -0.2) is 8.78 Å². The Hall–Kier alpha value is -2.53. The summed E-state index contributed by atoms with van der Waals surface area (Å²) in [7, 11) is 0. The maximum Gasteiger partial charge on any atom is 0.239 e. The van der Waals surface area contributed by atoms with Crippen LogP contribution in [0.25, 0.3) is 0 Å². The van der Waals surface area contributed by atoms with Crippen molar-refractivity contribution in [2.24, 2.45) is 5.92 Å². The van der Waals surface area contributed by atoms with Crippen molar-refractivity contribution in [2.75, 3.05) is 13.1 Å². The minimum atomic E-state index is -1.23. The molecule has 1 aromatic carbocycles. The van der Waals surface area contributed by atoms with E-state index < -0.39 is 24.2 Å². The van der Waals surface area contributed by atoms with Crippen LogP contribution in [-0.4, -0.2) is 48.1 Å². The van der Waals surface area contributed by atoms with Gasteiger partial charge >= 0.3 is 0 Å². The SMILES string of the molecule is C[C@H](NC(=O)CN1Cc2cc(F)ccc2CC1=O)C1NCC(C#N)CC1F. The van der Waals surface area contributed by atoms with Crippen molar-refractivity contribution in [1.82, 2.24) is 15.5 Å². The van der Waals surface area contributed by atoms with Crippen molar-refractivity contribution in [2.45, 2.75) is 44.6 Å². The lowest BCUT2D eigenvalue weighted by Gasteiger charge is -2.35. The zero-order chi connectivity index (χ0) is 19.6. The third kappa shape index (κ3) is 4.42.